The van der Waals surface area contributed by atoms with Gasteiger partial charge in [0, 0.05) is 36.9 Å². The molecular weight excluding hydrogens is 380 g/mol. The number of hydrogen-bond acceptors (Lipinski definition) is 4. The van der Waals surface area contributed by atoms with Gasteiger partial charge >= 0.3 is 12.1 Å². The molecule has 1 aliphatic heterocycles. The van der Waals surface area contributed by atoms with Crippen molar-refractivity contribution in [1.82, 2.24) is 15.1 Å². The van der Waals surface area contributed by atoms with Gasteiger partial charge in [0.1, 0.15) is 5.60 Å². The number of nitrogens with one attached hydrogen (secondary N) is 2. The molecule has 1 heterocycles. The number of carbonyl (C=O) groups is 2. The number of amides is 3. The highest BCUT2D eigenvalue weighted by molar-refractivity contribution is 6.30. The molecule has 0 bridgehead atoms. The van der Waals surface area contributed by atoms with E-state index in [4.69, 9.17) is 16.3 Å². The van der Waals surface area contributed by atoms with Crippen molar-refractivity contribution in [3.63, 3.8) is 0 Å². The lowest BCUT2D eigenvalue weighted by Crippen LogP contribution is -2.44. The van der Waals surface area contributed by atoms with Crippen LogP contribution in [-0.4, -0.2) is 66.8 Å². The van der Waals surface area contributed by atoms with Gasteiger partial charge in [-0.25, -0.2) is 9.59 Å². The number of hydrogen-bond donors (Lipinski definition) is 2. The van der Waals surface area contributed by atoms with Crippen LogP contribution in [0.1, 0.15) is 33.6 Å². The summed E-state index contributed by atoms with van der Waals surface area (Å²) in [4.78, 5) is 28.6. The van der Waals surface area contributed by atoms with E-state index in [-0.39, 0.29) is 6.03 Å². The summed E-state index contributed by atoms with van der Waals surface area (Å²) in [7, 11) is 0. The van der Waals surface area contributed by atoms with Crippen LogP contribution in [0.15, 0.2) is 24.3 Å². The molecule has 1 fully saturated rings. The molecule has 156 valence electrons. The number of urea groups is 1. The topological polar surface area (TPSA) is 73.9 Å². The molecule has 0 aliphatic carbocycles. The second-order valence-electron chi connectivity index (χ2n) is 7.90. The average molecular weight is 411 g/mol. The Kier molecular flexibility index (Phi) is 8.38. The molecule has 1 aromatic rings. The van der Waals surface area contributed by atoms with Crippen LogP contribution in [0.3, 0.4) is 0 Å². The van der Waals surface area contributed by atoms with Gasteiger partial charge in [0.15, 0.2) is 0 Å². The van der Waals surface area contributed by atoms with Gasteiger partial charge in [-0.3, -0.25) is 0 Å². The van der Waals surface area contributed by atoms with Crippen LogP contribution < -0.4 is 10.6 Å². The van der Waals surface area contributed by atoms with E-state index in [0.717, 1.165) is 19.6 Å². The number of rotatable bonds is 7. The van der Waals surface area contributed by atoms with E-state index in [9.17, 15) is 9.59 Å². The molecule has 1 aromatic carbocycles. The Hall–Kier alpha value is -1.99. The number of ether oxygens (including phenoxy) is 1. The minimum atomic E-state index is -0.550. The Balaban J connectivity index is 1.88. The lowest BCUT2D eigenvalue weighted by molar-refractivity contribution is 0.0523. The Morgan fingerprint density at radius 2 is 1.79 bits per heavy atom. The monoisotopic (exact) mass is 410 g/mol. The fourth-order valence-corrected chi connectivity index (χ4v) is 3.05. The molecule has 0 spiro atoms. The van der Waals surface area contributed by atoms with Gasteiger partial charge in [-0.2, -0.15) is 0 Å². The molecule has 1 aliphatic rings. The summed E-state index contributed by atoms with van der Waals surface area (Å²) >= 11 is 5.90. The molecule has 8 heteroatoms. The molecule has 0 saturated carbocycles. The molecule has 0 radical (unpaired) electrons. The molecule has 3 amide bonds. The van der Waals surface area contributed by atoms with Gasteiger partial charge in [-0.05, 0) is 71.0 Å². The van der Waals surface area contributed by atoms with E-state index in [2.05, 4.69) is 15.5 Å². The van der Waals surface area contributed by atoms with Crippen LogP contribution in [-0.2, 0) is 4.74 Å². The van der Waals surface area contributed by atoms with Crippen LogP contribution in [0.25, 0.3) is 0 Å². The largest absolute Gasteiger partial charge is 0.444 e. The minimum absolute atomic E-state index is 0.201. The predicted octanol–water partition coefficient (Wildman–Crippen LogP) is 3.79. The van der Waals surface area contributed by atoms with E-state index >= 15 is 0 Å². The van der Waals surface area contributed by atoms with Crippen LogP contribution in [0.2, 0.25) is 5.02 Å². The number of alkyl carbamates (subject to hydrolysis) is 1. The molecule has 0 atom stereocenters. The summed E-state index contributed by atoms with van der Waals surface area (Å²) in [6, 6.07) is 6.79. The zero-order valence-corrected chi connectivity index (χ0v) is 17.7. The highest BCUT2D eigenvalue weighted by Crippen LogP contribution is 2.14. The van der Waals surface area contributed by atoms with Gasteiger partial charge in [0.05, 0.1) is 0 Å². The van der Waals surface area contributed by atoms with E-state index in [1.165, 1.54) is 12.8 Å². The first-order valence-electron chi connectivity index (χ1n) is 9.74. The Labute approximate surface area is 172 Å². The smallest absolute Gasteiger partial charge is 0.407 e. The lowest BCUT2D eigenvalue weighted by Gasteiger charge is -2.26. The van der Waals surface area contributed by atoms with Crippen molar-refractivity contribution in [2.45, 2.75) is 39.2 Å². The summed E-state index contributed by atoms with van der Waals surface area (Å²) < 4.78 is 5.24. The maximum Gasteiger partial charge on any atom is 0.407 e. The first-order valence-corrected chi connectivity index (χ1v) is 10.1. The molecule has 0 aromatic heterocycles. The minimum Gasteiger partial charge on any atom is -0.444 e. The summed E-state index contributed by atoms with van der Waals surface area (Å²) in [5.74, 6) is 0. The molecule has 1 saturated heterocycles. The fourth-order valence-electron chi connectivity index (χ4n) is 2.93. The number of anilines is 1. The first kappa shape index (κ1) is 22.3. The highest BCUT2D eigenvalue weighted by atomic mass is 35.5. The molecule has 28 heavy (non-hydrogen) atoms. The number of carbonyl (C=O) groups excluding carboxylic acids is 2. The lowest BCUT2D eigenvalue weighted by atomic mass is 10.2. The Morgan fingerprint density at radius 3 is 2.39 bits per heavy atom. The number of likely N-dealkylation sites (tertiary alicyclic amines) is 1. The highest BCUT2D eigenvalue weighted by Gasteiger charge is 2.19. The molecule has 7 nitrogen and oxygen atoms in total. The molecular formula is C20H31ClN4O3. The zero-order valence-electron chi connectivity index (χ0n) is 17.0. The summed E-state index contributed by atoms with van der Waals surface area (Å²) in [5, 5.41) is 6.21. The van der Waals surface area contributed by atoms with Crippen molar-refractivity contribution >= 4 is 29.4 Å². The van der Waals surface area contributed by atoms with Gasteiger partial charge in [-0.15, -0.1) is 0 Å². The van der Waals surface area contributed by atoms with Crippen LogP contribution in [0.5, 0.6) is 0 Å². The molecule has 2 N–H and O–H groups in total. The normalized spacial score (nSPS) is 14.6. The molecule has 2 rings (SSSR count). The predicted molar refractivity (Wildman–Crippen MR) is 112 cm³/mol. The van der Waals surface area contributed by atoms with E-state index in [1.807, 2.05) is 20.8 Å². The Bertz CT molecular complexity index is 640. The van der Waals surface area contributed by atoms with Crippen LogP contribution in [0, 0.1) is 0 Å². The van der Waals surface area contributed by atoms with Gasteiger partial charge in [0.25, 0.3) is 0 Å². The molecule has 0 unspecified atom stereocenters. The van der Waals surface area contributed by atoms with Gasteiger partial charge in [0.2, 0.25) is 0 Å². The third-order valence-electron chi connectivity index (χ3n) is 4.32. The van der Waals surface area contributed by atoms with E-state index in [0.29, 0.717) is 30.3 Å². The van der Waals surface area contributed by atoms with Crippen LogP contribution in [0.4, 0.5) is 15.3 Å². The van der Waals surface area contributed by atoms with Crippen LogP contribution >= 0.6 is 11.6 Å². The van der Waals surface area contributed by atoms with Crippen molar-refractivity contribution < 1.29 is 14.3 Å². The number of benzene rings is 1. The van der Waals surface area contributed by atoms with Gasteiger partial charge < -0.3 is 25.2 Å². The quantitative estimate of drug-likeness (QED) is 0.717. The summed E-state index contributed by atoms with van der Waals surface area (Å²) in [6.45, 7) is 9.72. The Morgan fingerprint density at radius 1 is 1.14 bits per heavy atom. The van der Waals surface area contributed by atoms with E-state index < -0.39 is 11.7 Å². The summed E-state index contributed by atoms with van der Waals surface area (Å²) in [6.07, 6.45) is 1.93. The van der Waals surface area contributed by atoms with Crippen molar-refractivity contribution in [2.75, 3.05) is 44.6 Å². The average Bonchev–Trinajstić information content (AvgIpc) is 3.11. The third kappa shape index (κ3) is 8.35. The maximum atomic E-state index is 12.7. The SMILES string of the molecule is CC(C)(C)OC(=O)NCCN(CCN1CCCC1)C(=O)Nc1ccc(Cl)cc1. The van der Waals surface area contributed by atoms with Crippen molar-refractivity contribution in [3.05, 3.63) is 29.3 Å². The third-order valence-corrected chi connectivity index (χ3v) is 4.57. The van der Waals surface area contributed by atoms with Crippen molar-refractivity contribution in [2.24, 2.45) is 0 Å². The number of nitrogens with zero attached hydrogens (tertiary/aromatic N) is 2. The zero-order chi connectivity index (χ0) is 20.6. The maximum absolute atomic E-state index is 12.7. The van der Waals surface area contributed by atoms with Crippen molar-refractivity contribution in [3.8, 4) is 0 Å². The second kappa shape index (κ2) is 10.5. The fraction of sp³-hybridized carbons (Fsp3) is 0.600. The van der Waals surface area contributed by atoms with Crippen molar-refractivity contribution in [1.29, 1.82) is 0 Å². The number of halogens is 1. The van der Waals surface area contributed by atoms with Gasteiger partial charge in [-0.1, -0.05) is 11.6 Å². The standard InChI is InChI=1S/C20H31ClN4O3/c1-20(2,3)28-19(27)22-10-13-25(15-14-24-11-4-5-12-24)18(26)23-17-8-6-16(21)7-9-17/h6-9H,4-5,10-15H2,1-3H3,(H,22,27)(H,23,26). The summed E-state index contributed by atoms with van der Waals surface area (Å²) in [5.41, 5.74) is 0.131. The first-order chi connectivity index (χ1) is 13.2. The second-order valence-corrected chi connectivity index (χ2v) is 8.34. The van der Waals surface area contributed by atoms with E-state index in [1.54, 1.807) is 29.2 Å².